The van der Waals surface area contributed by atoms with Crippen LogP contribution in [0.15, 0.2) is 35.4 Å². The molecule has 3 heterocycles. The molecule has 0 bridgehead atoms. The minimum absolute atomic E-state index is 0.237. The van der Waals surface area contributed by atoms with Gasteiger partial charge in [-0.05, 0) is 48.9 Å². The SMILES string of the molecule is Cc1sc2nc([C@@H](C)OC(=O)c3ccccc3-n3cnnn3)[nH]c(=O)c2c1C. The van der Waals surface area contributed by atoms with Crippen LogP contribution in [0.3, 0.4) is 0 Å². The van der Waals surface area contributed by atoms with Crippen LogP contribution in [0.4, 0.5) is 0 Å². The van der Waals surface area contributed by atoms with Crippen LogP contribution >= 0.6 is 11.3 Å². The zero-order chi connectivity index (χ0) is 19.8. The molecule has 4 rings (SSSR count). The summed E-state index contributed by atoms with van der Waals surface area (Å²) in [7, 11) is 0. The number of H-pyrrole nitrogens is 1. The highest BCUT2D eigenvalue weighted by molar-refractivity contribution is 7.18. The Morgan fingerprint density at radius 2 is 2.07 bits per heavy atom. The van der Waals surface area contributed by atoms with Gasteiger partial charge in [0.2, 0.25) is 0 Å². The fourth-order valence-corrected chi connectivity index (χ4v) is 3.90. The molecular formula is C18H16N6O3S. The van der Waals surface area contributed by atoms with Gasteiger partial charge in [0.05, 0.1) is 16.6 Å². The molecular weight excluding hydrogens is 380 g/mol. The van der Waals surface area contributed by atoms with Crippen LogP contribution < -0.4 is 5.56 Å². The number of tetrazole rings is 1. The summed E-state index contributed by atoms with van der Waals surface area (Å²) in [5.41, 5.74) is 1.47. The first kappa shape index (κ1) is 18.0. The highest BCUT2D eigenvalue weighted by Gasteiger charge is 2.21. The number of carbonyl (C=O) groups is 1. The summed E-state index contributed by atoms with van der Waals surface area (Å²) in [6.45, 7) is 5.50. The molecule has 10 heteroatoms. The molecule has 1 N–H and O–H groups in total. The average molecular weight is 396 g/mol. The Labute approximate surface area is 163 Å². The van der Waals surface area contributed by atoms with Crippen LogP contribution in [-0.2, 0) is 4.74 Å². The van der Waals surface area contributed by atoms with Crippen molar-refractivity contribution in [2.75, 3.05) is 0 Å². The molecule has 142 valence electrons. The van der Waals surface area contributed by atoms with Crippen molar-refractivity contribution in [3.8, 4) is 5.69 Å². The van der Waals surface area contributed by atoms with Gasteiger partial charge in [0.25, 0.3) is 5.56 Å². The fraction of sp³-hybridized carbons (Fsp3) is 0.222. The van der Waals surface area contributed by atoms with Crippen LogP contribution in [0.1, 0.15) is 39.7 Å². The first-order valence-electron chi connectivity index (χ1n) is 8.49. The zero-order valence-corrected chi connectivity index (χ0v) is 16.1. The number of aryl methyl sites for hydroxylation is 2. The van der Waals surface area contributed by atoms with E-state index < -0.39 is 12.1 Å². The van der Waals surface area contributed by atoms with Crippen LogP contribution in [0, 0.1) is 13.8 Å². The molecule has 28 heavy (non-hydrogen) atoms. The standard InChI is InChI=1S/C18H16N6O3S/c1-9-11(3)28-17-14(9)16(25)20-15(21-17)10(2)27-18(26)12-6-4-5-7-13(12)24-8-19-22-23-24/h4-8,10H,1-3H3,(H,20,21,25)/t10-/m1/s1. The summed E-state index contributed by atoms with van der Waals surface area (Å²) in [6.07, 6.45) is 0.651. The lowest BCUT2D eigenvalue weighted by Crippen LogP contribution is -2.18. The van der Waals surface area contributed by atoms with Gasteiger partial charge in [-0.25, -0.2) is 9.78 Å². The molecule has 3 aromatic heterocycles. The Hall–Kier alpha value is -3.40. The van der Waals surface area contributed by atoms with Gasteiger partial charge in [0, 0.05) is 4.88 Å². The summed E-state index contributed by atoms with van der Waals surface area (Å²) in [6, 6.07) is 6.82. The van der Waals surface area contributed by atoms with E-state index in [1.54, 1.807) is 31.2 Å². The third kappa shape index (κ3) is 3.07. The van der Waals surface area contributed by atoms with Crippen molar-refractivity contribution in [1.29, 1.82) is 0 Å². The van der Waals surface area contributed by atoms with Crippen LogP contribution in [-0.4, -0.2) is 36.1 Å². The fourth-order valence-electron chi connectivity index (χ4n) is 2.86. The Morgan fingerprint density at radius 3 is 2.82 bits per heavy atom. The Morgan fingerprint density at radius 1 is 1.29 bits per heavy atom. The maximum absolute atomic E-state index is 12.7. The van der Waals surface area contributed by atoms with Crippen LogP contribution in [0.5, 0.6) is 0 Å². The normalized spacial score (nSPS) is 12.2. The van der Waals surface area contributed by atoms with Crippen molar-refractivity contribution in [1.82, 2.24) is 30.2 Å². The van der Waals surface area contributed by atoms with Crippen LogP contribution in [0.25, 0.3) is 15.9 Å². The van der Waals surface area contributed by atoms with Gasteiger partial charge in [0.1, 0.15) is 11.2 Å². The Kier molecular flexibility index (Phi) is 4.47. The number of hydrogen-bond donors (Lipinski definition) is 1. The molecule has 1 aromatic carbocycles. The van der Waals surface area contributed by atoms with Crippen molar-refractivity contribution < 1.29 is 9.53 Å². The quantitative estimate of drug-likeness (QED) is 0.527. The number of thiophene rings is 1. The number of para-hydroxylation sites is 1. The minimum Gasteiger partial charge on any atom is -0.451 e. The van der Waals surface area contributed by atoms with Gasteiger partial charge in [-0.3, -0.25) is 4.79 Å². The largest absolute Gasteiger partial charge is 0.451 e. The lowest BCUT2D eigenvalue weighted by molar-refractivity contribution is 0.0320. The summed E-state index contributed by atoms with van der Waals surface area (Å²) < 4.78 is 6.93. The lowest BCUT2D eigenvalue weighted by atomic mass is 10.2. The molecule has 1 atom stereocenters. The van der Waals surface area contributed by atoms with E-state index in [4.69, 9.17) is 4.74 Å². The van der Waals surface area contributed by atoms with Gasteiger partial charge in [-0.15, -0.1) is 16.4 Å². The molecule has 0 aliphatic rings. The van der Waals surface area contributed by atoms with Crippen molar-refractivity contribution in [2.45, 2.75) is 26.9 Å². The van der Waals surface area contributed by atoms with Gasteiger partial charge in [-0.1, -0.05) is 12.1 Å². The van der Waals surface area contributed by atoms with E-state index in [-0.39, 0.29) is 5.56 Å². The number of benzene rings is 1. The average Bonchev–Trinajstić information content (AvgIpc) is 3.30. The predicted molar refractivity (Wildman–Crippen MR) is 103 cm³/mol. The van der Waals surface area contributed by atoms with Crippen LogP contribution in [0.2, 0.25) is 0 Å². The number of carbonyl (C=O) groups excluding carboxylic acids is 1. The number of fused-ring (bicyclic) bond motifs is 1. The van der Waals surface area contributed by atoms with Gasteiger partial charge in [-0.2, -0.15) is 4.68 Å². The van der Waals surface area contributed by atoms with Crippen molar-refractivity contribution >= 4 is 27.5 Å². The maximum Gasteiger partial charge on any atom is 0.341 e. The number of nitrogens with one attached hydrogen (secondary N) is 1. The lowest BCUT2D eigenvalue weighted by Gasteiger charge is -2.14. The highest BCUT2D eigenvalue weighted by Crippen LogP contribution is 2.27. The minimum atomic E-state index is -0.741. The monoisotopic (exact) mass is 396 g/mol. The molecule has 9 nitrogen and oxygen atoms in total. The molecule has 0 saturated carbocycles. The maximum atomic E-state index is 12.7. The van der Waals surface area contributed by atoms with Crippen molar-refractivity contribution in [2.24, 2.45) is 0 Å². The summed E-state index contributed by atoms with van der Waals surface area (Å²) in [5.74, 6) is -0.271. The van der Waals surface area contributed by atoms with E-state index in [1.165, 1.54) is 22.3 Å². The summed E-state index contributed by atoms with van der Waals surface area (Å²) >= 11 is 1.44. The molecule has 0 aliphatic carbocycles. The van der Waals surface area contributed by atoms with Gasteiger partial charge >= 0.3 is 5.97 Å². The first-order valence-corrected chi connectivity index (χ1v) is 9.30. The molecule has 0 fully saturated rings. The zero-order valence-electron chi connectivity index (χ0n) is 15.3. The number of esters is 1. The highest BCUT2D eigenvalue weighted by atomic mass is 32.1. The first-order chi connectivity index (χ1) is 13.5. The predicted octanol–water partition coefficient (Wildman–Crippen LogP) is 2.50. The number of rotatable bonds is 4. The Bertz CT molecular complexity index is 1230. The number of nitrogens with zero attached hydrogens (tertiary/aromatic N) is 5. The third-order valence-electron chi connectivity index (χ3n) is 4.45. The number of ether oxygens (including phenoxy) is 1. The van der Waals surface area contributed by atoms with Crippen molar-refractivity contribution in [3.05, 3.63) is 62.8 Å². The van der Waals surface area contributed by atoms with E-state index in [1.807, 2.05) is 13.8 Å². The molecule has 0 radical (unpaired) electrons. The van der Waals surface area contributed by atoms with E-state index in [0.717, 1.165) is 10.4 Å². The topological polar surface area (TPSA) is 116 Å². The number of aromatic nitrogens is 6. The van der Waals surface area contributed by atoms with E-state index in [2.05, 4.69) is 25.5 Å². The molecule has 4 aromatic rings. The molecule has 0 aliphatic heterocycles. The second kappa shape index (κ2) is 6.97. The van der Waals surface area contributed by atoms with E-state index in [0.29, 0.717) is 27.3 Å². The second-order valence-electron chi connectivity index (χ2n) is 6.23. The number of hydrogen-bond acceptors (Lipinski definition) is 8. The third-order valence-corrected chi connectivity index (χ3v) is 5.55. The van der Waals surface area contributed by atoms with Gasteiger partial charge < -0.3 is 9.72 Å². The number of aromatic amines is 1. The molecule has 0 unspecified atom stereocenters. The molecule has 0 amide bonds. The van der Waals surface area contributed by atoms with Crippen molar-refractivity contribution in [3.63, 3.8) is 0 Å². The summed E-state index contributed by atoms with van der Waals surface area (Å²) in [5, 5.41) is 11.6. The second-order valence-corrected chi connectivity index (χ2v) is 7.44. The van der Waals surface area contributed by atoms with E-state index >= 15 is 0 Å². The summed E-state index contributed by atoms with van der Waals surface area (Å²) in [4.78, 5) is 34.1. The Balaban J connectivity index is 1.65. The smallest absolute Gasteiger partial charge is 0.341 e. The van der Waals surface area contributed by atoms with E-state index in [9.17, 15) is 9.59 Å². The molecule has 0 saturated heterocycles. The van der Waals surface area contributed by atoms with Gasteiger partial charge in [0.15, 0.2) is 11.9 Å². The molecule has 0 spiro atoms.